The number of ether oxygens (including phenoxy) is 1. The van der Waals surface area contributed by atoms with Crippen molar-refractivity contribution in [2.75, 3.05) is 31.1 Å². The predicted octanol–water partition coefficient (Wildman–Crippen LogP) is 3.01. The minimum Gasteiger partial charge on any atom is -0.486 e. The number of rotatable bonds is 6. The number of aryl methyl sites for hydroxylation is 1. The van der Waals surface area contributed by atoms with Gasteiger partial charge in [-0.3, -0.25) is 4.79 Å². The molecule has 9 nitrogen and oxygen atoms in total. The number of nitrogens with zero attached hydrogens (tertiary/aromatic N) is 7. The lowest BCUT2D eigenvalue weighted by molar-refractivity contribution is -0.130. The Morgan fingerprint density at radius 2 is 1.94 bits per heavy atom. The molecule has 4 aromatic rings. The lowest BCUT2D eigenvalue weighted by atomic mass is 10.2. The summed E-state index contributed by atoms with van der Waals surface area (Å²) in [4.78, 5) is 30.1. The fraction of sp³-hybridized carbons (Fsp3) is 0.318. The third-order valence-electron chi connectivity index (χ3n) is 5.43. The molecule has 0 spiro atoms. The summed E-state index contributed by atoms with van der Waals surface area (Å²) in [5.74, 6) is 2.36. The molecule has 4 heterocycles. The van der Waals surface area contributed by atoms with Crippen LogP contribution in [0, 0.1) is 6.92 Å². The summed E-state index contributed by atoms with van der Waals surface area (Å²) in [6.07, 6.45) is 1.80. The van der Waals surface area contributed by atoms with Crippen LogP contribution in [0.4, 0.5) is 5.82 Å². The normalized spacial score (nSPS) is 14.1. The Kier molecular flexibility index (Phi) is 6.10. The van der Waals surface area contributed by atoms with E-state index in [4.69, 9.17) is 16.3 Å². The number of amides is 1. The number of hydrogen-bond donors (Lipinski definition) is 0. The zero-order valence-electron chi connectivity index (χ0n) is 18.0. The molecule has 1 aromatic carbocycles. The Bertz CT molecular complexity index is 1270. The number of fused-ring (bicyclic) bond motifs is 1. The quantitative estimate of drug-likeness (QED) is 0.416. The molecule has 1 amide bonds. The standard InChI is InChI=1S/C22H22ClN7O2S/c1-15-10-20(30-22(26-15)24-14-25-30)28-6-8-29(9-7-28)21(31)11-17-13-33-19(27-17)12-32-18-4-2-16(23)3-5-18/h2-5,10,13-14H,6-9,11-12H2,1H3. The summed E-state index contributed by atoms with van der Waals surface area (Å²) in [6, 6.07) is 9.21. The van der Waals surface area contributed by atoms with Crippen molar-refractivity contribution in [3.63, 3.8) is 0 Å². The van der Waals surface area contributed by atoms with E-state index in [-0.39, 0.29) is 5.91 Å². The van der Waals surface area contributed by atoms with E-state index in [9.17, 15) is 4.79 Å². The second kappa shape index (κ2) is 9.32. The van der Waals surface area contributed by atoms with Crippen molar-refractivity contribution in [1.82, 2.24) is 29.5 Å². The zero-order chi connectivity index (χ0) is 22.8. The number of benzene rings is 1. The van der Waals surface area contributed by atoms with Gasteiger partial charge in [-0.25, -0.2) is 9.97 Å². The van der Waals surface area contributed by atoms with Crippen LogP contribution in [0.25, 0.3) is 5.78 Å². The van der Waals surface area contributed by atoms with Crippen molar-refractivity contribution in [3.05, 3.63) is 63.5 Å². The van der Waals surface area contributed by atoms with Crippen LogP contribution < -0.4 is 9.64 Å². The molecule has 1 saturated heterocycles. The van der Waals surface area contributed by atoms with Crippen molar-refractivity contribution in [3.8, 4) is 5.75 Å². The Balaban J connectivity index is 1.15. The van der Waals surface area contributed by atoms with E-state index >= 15 is 0 Å². The highest BCUT2D eigenvalue weighted by Crippen LogP contribution is 2.20. The molecule has 0 radical (unpaired) electrons. The maximum absolute atomic E-state index is 12.8. The summed E-state index contributed by atoms with van der Waals surface area (Å²) in [7, 11) is 0. The molecule has 170 valence electrons. The van der Waals surface area contributed by atoms with Crippen molar-refractivity contribution >= 4 is 40.4 Å². The lowest BCUT2D eigenvalue weighted by Gasteiger charge is -2.36. The van der Waals surface area contributed by atoms with Gasteiger partial charge in [0.25, 0.3) is 5.78 Å². The first-order valence-electron chi connectivity index (χ1n) is 10.6. The number of carbonyl (C=O) groups is 1. The average Bonchev–Trinajstić information content (AvgIpc) is 3.47. The van der Waals surface area contributed by atoms with Crippen molar-refractivity contribution in [2.24, 2.45) is 0 Å². The van der Waals surface area contributed by atoms with Crippen LogP contribution >= 0.6 is 22.9 Å². The van der Waals surface area contributed by atoms with E-state index in [2.05, 4.69) is 25.0 Å². The van der Waals surface area contributed by atoms with Crippen LogP contribution in [0.5, 0.6) is 5.75 Å². The summed E-state index contributed by atoms with van der Waals surface area (Å²) in [6.45, 7) is 5.05. The highest BCUT2D eigenvalue weighted by molar-refractivity contribution is 7.09. The van der Waals surface area contributed by atoms with E-state index in [0.717, 1.165) is 41.1 Å². The summed E-state index contributed by atoms with van der Waals surface area (Å²) < 4.78 is 7.48. The van der Waals surface area contributed by atoms with Crippen molar-refractivity contribution < 1.29 is 9.53 Å². The number of hydrogen-bond acceptors (Lipinski definition) is 8. The zero-order valence-corrected chi connectivity index (χ0v) is 19.6. The van der Waals surface area contributed by atoms with Gasteiger partial charge in [0.1, 0.15) is 29.5 Å². The van der Waals surface area contributed by atoms with Gasteiger partial charge < -0.3 is 14.5 Å². The molecule has 33 heavy (non-hydrogen) atoms. The number of anilines is 1. The molecule has 0 aliphatic carbocycles. The van der Waals surface area contributed by atoms with Gasteiger partial charge in [0.05, 0.1) is 12.1 Å². The maximum Gasteiger partial charge on any atom is 0.254 e. The molecule has 11 heteroatoms. The third-order valence-corrected chi connectivity index (χ3v) is 6.55. The van der Waals surface area contributed by atoms with Gasteiger partial charge >= 0.3 is 0 Å². The second-order valence-electron chi connectivity index (χ2n) is 7.75. The van der Waals surface area contributed by atoms with Crippen LogP contribution in [-0.4, -0.2) is 61.6 Å². The molecule has 0 saturated carbocycles. The molecular weight excluding hydrogens is 462 g/mol. The first-order valence-corrected chi connectivity index (χ1v) is 11.8. The summed E-state index contributed by atoms with van der Waals surface area (Å²) in [5.41, 5.74) is 1.67. The third kappa shape index (κ3) is 4.91. The highest BCUT2D eigenvalue weighted by atomic mass is 35.5. The van der Waals surface area contributed by atoms with Crippen LogP contribution in [0.2, 0.25) is 5.02 Å². The Morgan fingerprint density at radius 3 is 2.73 bits per heavy atom. The van der Waals surface area contributed by atoms with Crippen molar-refractivity contribution in [2.45, 2.75) is 20.0 Å². The number of aromatic nitrogens is 5. The monoisotopic (exact) mass is 483 g/mol. The molecular formula is C22H22ClN7O2S. The molecule has 3 aromatic heterocycles. The molecule has 0 unspecified atom stereocenters. The average molecular weight is 484 g/mol. The van der Waals surface area contributed by atoms with Gasteiger partial charge in [0.2, 0.25) is 5.91 Å². The molecule has 0 N–H and O–H groups in total. The second-order valence-corrected chi connectivity index (χ2v) is 9.13. The molecule has 0 atom stereocenters. The Hall–Kier alpha value is -3.24. The fourth-order valence-corrected chi connectivity index (χ4v) is 4.59. The minimum absolute atomic E-state index is 0.0851. The molecule has 5 rings (SSSR count). The molecule has 0 bridgehead atoms. The SMILES string of the molecule is Cc1cc(N2CCN(C(=O)Cc3csc(COc4ccc(Cl)cc4)n3)CC2)n2ncnc2n1. The fourth-order valence-electron chi connectivity index (χ4n) is 3.76. The Morgan fingerprint density at radius 1 is 1.15 bits per heavy atom. The van der Waals surface area contributed by atoms with Gasteiger partial charge in [-0.05, 0) is 31.2 Å². The van der Waals surface area contributed by atoms with Gasteiger partial charge in [-0.15, -0.1) is 11.3 Å². The number of carbonyl (C=O) groups excluding carboxylic acids is 1. The number of piperazine rings is 1. The first-order chi connectivity index (χ1) is 16.0. The van der Waals surface area contributed by atoms with Gasteiger partial charge in [0, 0.05) is 48.3 Å². The van der Waals surface area contributed by atoms with E-state index in [1.165, 1.54) is 17.7 Å². The smallest absolute Gasteiger partial charge is 0.254 e. The van der Waals surface area contributed by atoms with E-state index in [1.807, 2.05) is 35.4 Å². The van der Waals surface area contributed by atoms with Gasteiger partial charge in [-0.1, -0.05) is 11.6 Å². The topological polar surface area (TPSA) is 88.8 Å². The Labute approximate surface area is 199 Å². The minimum atomic E-state index is 0.0851. The highest BCUT2D eigenvalue weighted by Gasteiger charge is 2.24. The number of thiazole rings is 1. The molecule has 1 aliphatic rings. The van der Waals surface area contributed by atoms with Crippen LogP contribution in [0.3, 0.4) is 0 Å². The first kappa shape index (κ1) is 21.6. The molecule has 1 fully saturated rings. The molecule has 1 aliphatic heterocycles. The lowest BCUT2D eigenvalue weighted by Crippen LogP contribution is -2.49. The number of halogens is 1. The predicted molar refractivity (Wildman–Crippen MR) is 126 cm³/mol. The summed E-state index contributed by atoms with van der Waals surface area (Å²) >= 11 is 7.39. The maximum atomic E-state index is 12.8. The van der Waals surface area contributed by atoms with Crippen molar-refractivity contribution in [1.29, 1.82) is 0 Å². The van der Waals surface area contributed by atoms with Crippen LogP contribution in [-0.2, 0) is 17.8 Å². The van der Waals surface area contributed by atoms with E-state index < -0.39 is 0 Å². The van der Waals surface area contributed by atoms with E-state index in [0.29, 0.717) is 36.9 Å². The largest absolute Gasteiger partial charge is 0.486 e. The van der Waals surface area contributed by atoms with Crippen LogP contribution in [0.15, 0.2) is 42.0 Å². The summed E-state index contributed by atoms with van der Waals surface area (Å²) in [5, 5.41) is 7.71. The van der Waals surface area contributed by atoms with E-state index in [1.54, 1.807) is 16.6 Å². The van der Waals surface area contributed by atoms with Gasteiger partial charge in [-0.2, -0.15) is 14.6 Å². The van der Waals surface area contributed by atoms with Gasteiger partial charge in [0.15, 0.2) is 0 Å². The van der Waals surface area contributed by atoms with Crippen LogP contribution in [0.1, 0.15) is 16.4 Å².